The molecule has 16 nitrogen and oxygen atoms in total. The van der Waals surface area contributed by atoms with Gasteiger partial charge in [-0.25, -0.2) is 0 Å². The number of benzene rings is 2. The molecule has 0 aliphatic carbocycles. The molecule has 0 amide bonds. The van der Waals surface area contributed by atoms with Crippen molar-refractivity contribution in [3.63, 3.8) is 0 Å². The van der Waals surface area contributed by atoms with E-state index in [4.69, 9.17) is 42.6 Å². The Labute approximate surface area is 273 Å². The second-order valence-electron chi connectivity index (χ2n) is 12.8. The fourth-order valence-electron chi connectivity index (χ4n) is 7.60. The molecule has 6 aliphatic heterocycles. The first-order chi connectivity index (χ1) is 23.3. The van der Waals surface area contributed by atoms with Crippen molar-refractivity contribution in [3.05, 3.63) is 47.0 Å². The zero-order valence-corrected chi connectivity index (χ0v) is 25.5. The van der Waals surface area contributed by atoms with Gasteiger partial charge in [0.25, 0.3) is 0 Å². The molecule has 14 atom stereocenters. The highest BCUT2D eigenvalue weighted by atomic mass is 16.7. The summed E-state index contributed by atoms with van der Waals surface area (Å²) in [4.78, 5) is 0. The maximum Gasteiger partial charge on any atom is 0.231 e. The smallest absolute Gasteiger partial charge is 0.231 e. The molecule has 0 radical (unpaired) electrons. The van der Waals surface area contributed by atoms with E-state index in [-0.39, 0.29) is 31.5 Å². The highest BCUT2D eigenvalue weighted by Gasteiger charge is 2.54. The molecule has 0 saturated carbocycles. The summed E-state index contributed by atoms with van der Waals surface area (Å²) < 4.78 is 53.0. The van der Waals surface area contributed by atoms with E-state index in [9.17, 15) is 35.7 Å². The van der Waals surface area contributed by atoms with Crippen molar-refractivity contribution >= 4 is 0 Å². The van der Waals surface area contributed by atoms with Gasteiger partial charge in [-0.1, -0.05) is 6.07 Å². The van der Waals surface area contributed by atoms with Gasteiger partial charge in [0.1, 0.15) is 54.9 Å². The van der Waals surface area contributed by atoms with E-state index in [0.717, 1.165) is 5.56 Å². The Morgan fingerprint density at radius 1 is 0.583 bits per heavy atom. The van der Waals surface area contributed by atoms with Gasteiger partial charge in [0, 0.05) is 11.8 Å². The van der Waals surface area contributed by atoms with E-state index >= 15 is 0 Å². The van der Waals surface area contributed by atoms with Crippen LogP contribution in [-0.4, -0.2) is 131 Å². The Bertz CT molecular complexity index is 1490. The fraction of sp³-hybridized carbons (Fsp3) is 0.625. The molecule has 7 N–H and O–H groups in total. The molecule has 2 aromatic rings. The summed E-state index contributed by atoms with van der Waals surface area (Å²) in [7, 11) is 0. The number of hydrogen-bond acceptors (Lipinski definition) is 16. The van der Waals surface area contributed by atoms with Gasteiger partial charge >= 0.3 is 0 Å². The highest BCUT2D eigenvalue weighted by molar-refractivity contribution is 5.51. The molecule has 0 unspecified atom stereocenters. The van der Waals surface area contributed by atoms with Gasteiger partial charge in [0.05, 0.1) is 38.6 Å². The summed E-state index contributed by atoms with van der Waals surface area (Å²) in [6, 6.07) is 9.13. The van der Waals surface area contributed by atoms with Gasteiger partial charge in [0.2, 0.25) is 13.6 Å². The van der Waals surface area contributed by atoms with Gasteiger partial charge in [-0.05, 0) is 41.0 Å². The zero-order valence-electron chi connectivity index (χ0n) is 25.5. The average Bonchev–Trinajstić information content (AvgIpc) is 3.91. The lowest BCUT2D eigenvalue weighted by Gasteiger charge is -2.46. The maximum absolute atomic E-state index is 11.4. The van der Waals surface area contributed by atoms with E-state index in [1.165, 1.54) is 0 Å². The molecule has 0 bridgehead atoms. The number of fused-ring (bicyclic) bond motifs is 3. The Morgan fingerprint density at radius 2 is 1.15 bits per heavy atom. The van der Waals surface area contributed by atoms with E-state index in [0.29, 0.717) is 47.3 Å². The van der Waals surface area contributed by atoms with Gasteiger partial charge in [-0.15, -0.1) is 0 Å². The van der Waals surface area contributed by atoms with Crippen LogP contribution < -0.4 is 18.9 Å². The fourth-order valence-corrected chi connectivity index (χ4v) is 7.60. The second-order valence-corrected chi connectivity index (χ2v) is 12.8. The molecular weight excluding hydrogens is 640 g/mol. The summed E-state index contributed by atoms with van der Waals surface area (Å²) in [5, 5.41) is 73.4. The number of aliphatic hydroxyl groups excluding tert-OH is 7. The average molecular weight is 679 g/mol. The third-order valence-electron chi connectivity index (χ3n) is 10.2. The standard InChI is InChI=1S/C32H38O16/c33-6-21-24(36)26(38)31(48-32-27(39)25(37)23(35)22(7-34)47-32)30(46-21)14-5-20-19(44-11-45-20)4-13(14)29-16-9-40-28(15(16)8-41-29)12-1-2-17-18(3-12)43-10-42-17/h1-5,15-16,21-39H,6-11H2/t15-,16-,21+,22+,23+,24+,25-,26-,27+,28+,29+,30-,31+,32-/m0/s1. The Hall–Kier alpha value is -2.84. The van der Waals surface area contributed by atoms with Crippen LogP contribution in [0.25, 0.3) is 0 Å². The van der Waals surface area contributed by atoms with Gasteiger partial charge in [0.15, 0.2) is 29.3 Å². The summed E-state index contributed by atoms with van der Waals surface area (Å²) >= 11 is 0. The van der Waals surface area contributed by atoms with Crippen molar-refractivity contribution in [2.75, 3.05) is 40.0 Å². The molecule has 8 rings (SSSR count). The normalized spacial score (nSPS) is 41.5. The summed E-state index contributed by atoms with van der Waals surface area (Å²) in [6.45, 7) is -0.504. The largest absolute Gasteiger partial charge is 0.454 e. The van der Waals surface area contributed by atoms with Crippen LogP contribution in [0.2, 0.25) is 0 Å². The van der Waals surface area contributed by atoms with Crippen molar-refractivity contribution in [2.24, 2.45) is 11.8 Å². The second kappa shape index (κ2) is 12.8. The number of ether oxygens (including phenoxy) is 9. The first kappa shape index (κ1) is 32.4. The molecule has 0 spiro atoms. The number of rotatable bonds is 7. The third kappa shape index (κ3) is 5.31. The molecule has 262 valence electrons. The summed E-state index contributed by atoms with van der Waals surface area (Å²) in [5.41, 5.74) is 1.96. The van der Waals surface area contributed by atoms with Crippen molar-refractivity contribution in [3.8, 4) is 23.0 Å². The van der Waals surface area contributed by atoms with Crippen molar-refractivity contribution in [1.82, 2.24) is 0 Å². The summed E-state index contributed by atoms with van der Waals surface area (Å²) in [6.07, 6.45) is -16.2. The molecule has 16 heteroatoms. The van der Waals surface area contributed by atoms with Crippen LogP contribution in [0.15, 0.2) is 30.3 Å². The minimum atomic E-state index is -1.79. The van der Waals surface area contributed by atoms with Crippen LogP contribution in [0.3, 0.4) is 0 Å². The SMILES string of the molecule is OC[C@H]1O[C@@H](O[C@@H]2[C@@H](O)[C@H](O)[C@@H](CO)O[C@H]2c2cc3c(cc2[C@H]2OC[C@H]4[C@@H]2CO[C@@H]4c2ccc4c(c2)OCO4)OCO3)[C@H](O)[C@@H](O)[C@@H]1O. The first-order valence-corrected chi connectivity index (χ1v) is 15.9. The minimum absolute atomic E-state index is 0.0397. The van der Waals surface area contributed by atoms with E-state index in [2.05, 4.69) is 0 Å². The molecule has 4 saturated heterocycles. The molecule has 2 aromatic carbocycles. The van der Waals surface area contributed by atoms with E-state index in [1.54, 1.807) is 12.1 Å². The molecule has 48 heavy (non-hydrogen) atoms. The van der Waals surface area contributed by atoms with Gasteiger partial charge in [-0.3, -0.25) is 0 Å². The van der Waals surface area contributed by atoms with Crippen LogP contribution >= 0.6 is 0 Å². The predicted molar refractivity (Wildman–Crippen MR) is 155 cm³/mol. The molecule has 6 aliphatic rings. The van der Waals surface area contributed by atoms with Crippen LogP contribution in [0.5, 0.6) is 23.0 Å². The van der Waals surface area contributed by atoms with Crippen LogP contribution in [0.4, 0.5) is 0 Å². The maximum atomic E-state index is 11.4. The van der Waals surface area contributed by atoms with Gasteiger partial charge in [-0.2, -0.15) is 0 Å². The Kier molecular flexibility index (Phi) is 8.63. The number of aliphatic hydroxyl groups is 7. The Balaban J connectivity index is 1.13. The quantitative estimate of drug-likeness (QED) is 0.178. The van der Waals surface area contributed by atoms with E-state index < -0.39 is 80.5 Å². The van der Waals surface area contributed by atoms with E-state index in [1.807, 2.05) is 18.2 Å². The third-order valence-corrected chi connectivity index (χ3v) is 10.2. The topological polar surface area (TPSA) is 225 Å². The van der Waals surface area contributed by atoms with Crippen molar-refractivity contribution in [1.29, 1.82) is 0 Å². The number of hydrogen-bond donors (Lipinski definition) is 7. The molecular formula is C32H38O16. The molecule has 6 heterocycles. The van der Waals surface area contributed by atoms with Crippen molar-refractivity contribution < 1.29 is 78.4 Å². The highest BCUT2D eigenvalue weighted by Crippen LogP contribution is 2.54. The van der Waals surface area contributed by atoms with Crippen LogP contribution in [0, 0.1) is 11.8 Å². The first-order valence-electron chi connectivity index (χ1n) is 15.9. The Morgan fingerprint density at radius 3 is 1.83 bits per heavy atom. The lowest BCUT2D eigenvalue weighted by atomic mass is 9.81. The minimum Gasteiger partial charge on any atom is -0.454 e. The van der Waals surface area contributed by atoms with Crippen molar-refractivity contribution in [2.45, 2.75) is 73.4 Å². The zero-order chi connectivity index (χ0) is 33.3. The summed E-state index contributed by atoms with van der Waals surface area (Å²) in [5.74, 6) is 1.97. The van der Waals surface area contributed by atoms with Crippen LogP contribution in [0.1, 0.15) is 35.0 Å². The van der Waals surface area contributed by atoms with Crippen LogP contribution in [-0.2, 0) is 23.7 Å². The molecule has 0 aromatic heterocycles. The monoisotopic (exact) mass is 678 g/mol. The predicted octanol–water partition coefficient (Wildman–Crippen LogP) is -1.44. The lowest BCUT2D eigenvalue weighted by Crippen LogP contribution is -2.62. The van der Waals surface area contributed by atoms with Gasteiger partial charge < -0.3 is 78.4 Å². The molecule has 4 fully saturated rings. The lowest BCUT2D eigenvalue weighted by molar-refractivity contribution is -0.342.